The van der Waals surface area contributed by atoms with Crippen LogP contribution in [0.2, 0.25) is 0 Å². The molecule has 146 valence electrons. The predicted molar refractivity (Wildman–Crippen MR) is 104 cm³/mol. The fraction of sp³-hybridized carbons (Fsp3) is 0.556. The van der Waals surface area contributed by atoms with E-state index in [0.717, 1.165) is 4.96 Å². The number of nitrogens with zero attached hydrogens (tertiary/aromatic N) is 4. The summed E-state index contributed by atoms with van der Waals surface area (Å²) in [5.41, 5.74) is 1.03. The van der Waals surface area contributed by atoms with Crippen LogP contribution in [0.15, 0.2) is 21.6 Å². The average Bonchev–Trinajstić information content (AvgIpc) is 3.21. The quantitative estimate of drug-likeness (QED) is 0.730. The van der Waals surface area contributed by atoms with Crippen molar-refractivity contribution in [3.05, 3.63) is 23.0 Å². The monoisotopic (exact) mass is 392 g/mol. The van der Waals surface area contributed by atoms with E-state index in [1.54, 1.807) is 25.5 Å². The Labute approximate surface area is 161 Å². The Bertz CT molecular complexity index is 883. The summed E-state index contributed by atoms with van der Waals surface area (Å²) in [6, 6.07) is -0.589. The molecule has 3 heterocycles. The Kier molecular flexibility index (Phi) is 5.79. The molecule has 3 rings (SSSR count). The van der Waals surface area contributed by atoms with Crippen molar-refractivity contribution in [2.24, 2.45) is 15.9 Å². The number of ether oxygens (including phenoxy) is 3. The normalized spacial score (nSPS) is 19.8. The zero-order chi connectivity index (χ0) is 19.6. The fourth-order valence-corrected chi connectivity index (χ4v) is 3.80. The van der Waals surface area contributed by atoms with Crippen molar-refractivity contribution in [1.29, 1.82) is 0 Å². The molecule has 0 bridgehead atoms. The van der Waals surface area contributed by atoms with Gasteiger partial charge < -0.3 is 14.2 Å². The van der Waals surface area contributed by atoms with E-state index in [4.69, 9.17) is 19.2 Å². The Balaban J connectivity index is 1.97. The van der Waals surface area contributed by atoms with Crippen LogP contribution in [0.1, 0.15) is 37.0 Å². The summed E-state index contributed by atoms with van der Waals surface area (Å²) in [7, 11) is 3.17. The molecule has 0 fully saturated rings. The third-order valence-electron chi connectivity index (χ3n) is 4.33. The molecule has 0 N–H and O–H groups in total. The van der Waals surface area contributed by atoms with Gasteiger partial charge in [0.2, 0.25) is 11.8 Å². The van der Waals surface area contributed by atoms with Gasteiger partial charge in [0.1, 0.15) is 12.1 Å². The molecule has 0 aromatic carbocycles. The van der Waals surface area contributed by atoms with Crippen molar-refractivity contribution in [1.82, 2.24) is 9.38 Å². The Hall–Kier alpha value is -2.42. The number of esters is 1. The highest BCUT2D eigenvalue weighted by molar-refractivity contribution is 7.15. The summed E-state index contributed by atoms with van der Waals surface area (Å²) < 4.78 is 17.9. The highest BCUT2D eigenvalue weighted by Crippen LogP contribution is 2.24. The van der Waals surface area contributed by atoms with Crippen molar-refractivity contribution >= 4 is 34.1 Å². The van der Waals surface area contributed by atoms with E-state index in [1.807, 2.05) is 11.6 Å². The molecule has 9 heteroatoms. The smallest absolute Gasteiger partial charge is 0.357 e. The molecule has 0 aliphatic carbocycles. The Morgan fingerprint density at radius 2 is 2.00 bits per heavy atom. The van der Waals surface area contributed by atoms with Gasteiger partial charge in [0.25, 0.3) is 0 Å². The molecular formula is C18H24N4O4S. The molecule has 1 aliphatic rings. The van der Waals surface area contributed by atoms with Crippen LogP contribution in [-0.4, -0.2) is 60.1 Å². The van der Waals surface area contributed by atoms with E-state index in [-0.39, 0.29) is 12.0 Å². The molecule has 0 saturated heterocycles. The van der Waals surface area contributed by atoms with Gasteiger partial charge in [-0.25, -0.2) is 19.8 Å². The van der Waals surface area contributed by atoms with E-state index >= 15 is 0 Å². The maximum Gasteiger partial charge on any atom is 0.357 e. The first-order valence-electron chi connectivity index (χ1n) is 8.85. The van der Waals surface area contributed by atoms with Gasteiger partial charge in [-0.15, -0.1) is 11.3 Å². The number of carbonyl (C=O) groups is 1. The molecule has 0 spiro atoms. The lowest BCUT2D eigenvalue weighted by molar-refractivity contribution is 0.0517. The van der Waals surface area contributed by atoms with Gasteiger partial charge in [0, 0.05) is 18.0 Å². The minimum Gasteiger partial charge on any atom is -0.483 e. The maximum atomic E-state index is 12.5. The van der Waals surface area contributed by atoms with Crippen molar-refractivity contribution in [2.75, 3.05) is 20.8 Å². The summed E-state index contributed by atoms with van der Waals surface area (Å²) in [6.07, 6.45) is 2.18. The third-order valence-corrected chi connectivity index (χ3v) is 5.08. The highest BCUT2D eigenvalue weighted by Gasteiger charge is 2.33. The van der Waals surface area contributed by atoms with E-state index in [2.05, 4.69) is 23.8 Å². The predicted octanol–water partition coefficient (Wildman–Crippen LogP) is 2.61. The number of methoxy groups -OCH3 is 2. The number of aliphatic imine (C=N–C) groups is 2. The van der Waals surface area contributed by atoms with Crippen LogP contribution in [-0.2, 0) is 20.6 Å². The van der Waals surface area contributed by atoms with E-state index < -0.39 is 12.0 Å². The van der Waals surface area contributed by atoms with Gasteiger partial charge >= 0.3 is 5.97 Å². The number of imidazole rings is 1. The molecule has 27 heavy (non-hydrogen) atoms. The number of fused-ring (bicyclic) bond motifs is 1. The van der Waals surface area contributed by atoms with Crippen LogP contribution in [0.5, 0.6) is 0 Å². The van der Waals surface area contributed by atoms with Gasteiger partial charge in [-0.1, -0.05) is 13.8 Å². The lowest BCUT2D eigenvalue weighted by Gasteiger charge is -2.26. The number of aromatic nitrogens is 2. The molecule has 2 aromatic rings. The van der Waals surface area contributed by atoms with Crippen LogP contribution >= 0.6 is 11.3 Å². The molecule has 0 amide bonds. The van der Waals surface area contributed by atoms with Crippen LogP contribution in [0.25, 0.3) is 4.96 Å². The lowest BCUT2D eigenvalue weighted by Crippen LogP contribution is -2.38. The minimum absolute atomic E-state index is 0.184. The summed E-state index contributed by atoms with van der Waals surface area (Å²) in [5, 5.41) is 1.88. The standard InChI is InChI=1S/C18H24N4O4S/c1-6-26-17(23)14-11(20-18-22(14)7-8-27-18)9-12-15(24-4)21-13(10(2)3)16(19-12)25-5/h7-8,10,12-13H,6,9H2,1-5H3/t12-,13+/m0/s1. The van der Waals surface area contributed by atoms with Crippen LogP contribution < -0.4 is 0 Å². The van der Waals surface area contributed by atoms with Gasteiger partial charge in [-0.3, -0.25) is 4.40 Å². The summed E-state index contributed by atoms with van der Waals surface area (Å²) in [4.78, 5) is 27.2. The first kappa shape index (κ1) is 19.3. The fourth-order valence-electron chi connectivity index (χ4n) is 3.06. The van der Waals surface area contributed by atoms with Crippen molar-refractivity contribution in [2.45, 2.75) is 39.3 Å². The zero-order valence-corrected chi connectivity index (χ0v) is 16.9. The van der Waals surface area contributed by atoms with Gasteiger partial charge in [-0.2, -0.15) is 0 Å². The summed E-state index contributed by atoms with van der Waals surface area (Å²) >= 11 is 1.46. The SMILES string of the molecule is CCOC(=O)c1c(C[C@@H]2N=C(OC)[C@@H](C(C)C)N=C2OC)nc2sccn12. The Morgan fingerprint density at radius 1 is 1.26 bits per heavy atom. The van der Waals surface area contributed by atoms with Crippen molar-refractivity contribution in [3.63, 3.8) is 0 Å². The van der Waals surface area contributed by atoms with Crippen LogP contribution in [0.4, 0.5) is 0 Å². The summed E-state index contributed by atoms with van der Waals surface area (Å²) in [5.74, 6) is 0.902. The first-order valence-corrected chi connectivity index (χ1v) is 9.73. The molecule has 2 atom stereocenters. The molecule has 0 radical (unpaired) electrons. The molecule has 1 aliphatic heterocycles. The molecule has 0 unspecified atom stereocenters. The second-order valence-corrected chi connectivity index (χ2v) is 7.31. The van der Waals surface area contributed by atoms with Crippen molar-refractivity contribution < 1.29 is 19.0 Å². The Morgan fingerprint density at radius 3 is 2.63 bits per heavy atom. The first-order chi connectivity index (χ1) is 13.0. The molecule has 2 aromatic heterocycles. The van der Waals surface area contributed by atoms with Gasteiger partial charge in [-0.05, 0) is 12.8 Å². The second kappa shape index (κ2) is 8.08. The topological polar surface area (TPSA) is 86.8 Å². The molecule has 0 saturated carbocycles. The van der Waals surface area contributed by atoms with E-state index in [0.29, 0.717) is 36.2 Å². The minimum atomic E-state index is -0.405. The van der Waals surface area contributed by atoms with E-state index in [1.165, 1.54) is 11.3 Å². The molecule has 8 nitrogen and oxygen atoms in total. The lowest BCUT2D eigenvalue weighted by atomic mass is 10.0. The van der Waals surface area contributed by atoms with Crippen LogP contribution in [0.3, 0.4) is 0 Å². The average molecular weight is 392 g/mol. The maximum absolute atomic E-state index is 12.5. The highest BCUT2D eigenvalue weighted by atomic mass is 32.1. The number of hydrogen-bond acceptors (Lipinski definition) is 8. The summed E-state index contributed by atoms with van der Waals surface area (Å²) in [6.45, 7) is 6.19. The van der Waals surface area contributed by atoms with Crippen molar-refractivity contribution in [3.8, 4) is 0 Å². The zero-order valence-electron chi connectivity index (χ0n) is 16.1. The second-order valence-electron chi connectivity index (χ2n) is 6.43. The number of carbonyl (C=O) groups excluding carboxylic acids is 1. The number of hydrogen-bond donors (Lipinski definition) is 0. The number of rotatable bonds is 5. The van der Waals surface area contributed by atoms with Crippen LogP contribution in [0, 0.1) is 5.92 Å². The van der Waals surface area contributed by atoms with Gasteiger partial charge in [0.05, 0.1) is 26.5 Å². The largest absolute Gasteiger partial charge is 0.483 e. The third kappa shape index (κ3) is 3.69. The number of thiazole rings is 1. The van der Waals surface area contributed by atoms with E-state index in [9.17, 15) is 4.79 Å². The molecular weight excluding hydrogens is 368 g/mol. The van der Waals surface area contributed by atoms with Gasteiger partial charge in [0.15, 0.2) is 10.7 Å².